The maximum absolute atomic E-state index is 16.4. The van der Waals surface area contributed by atoms with Crippen molar-refractivity contribution in [1.82, 2.24) is 10.3 Å². The number of anilines is 3. The van der Waals surface area contributed by atoms with Crippen LogP contribution in [0.3, 0.4) is 0 Å². The number of piperazine rings is 1. The van der Waals surface area contributed by atoms with Crippen LogP contribution in [0.2, 0.25) is 5.02 Å². The zero-order chi connectivity index (χ0) is 28.0. The molecule has 0 bridgehead atoms. The van der Waals surface area contributed by atoms with E-state index in [0.717, 1.165) is 22.3 Å². The fourth-order valence-electron chi connectivity index (χ4n) is 5.11. The molecule has 0 unspecified atom stereocenters. The molecule has 3 N–H and O–H groups in total. The molecule has 1 amide bonds. The van der Waals surface area contributed by atoms with Crippen LogP contribution in [0, 0.1) is 23.0 Å². The average Bonchev–Trinajstić information content (AvgIpc) is 3.21. The van der Waals surface area contributed by atoms with Crippen molar-refractivity contribution in [3.05, 3.63) is 46.6 Å². The van der Waals surface area contributed by atoms with E-state index in [4.69, 9.17) is 21.4 Å². The van der Waals surface area contributed by atoms with Crippen molar-refractivity contribution in [1.29, 1.82) is 5.26 Å². The van der Waals surface area contributed by atoms with Crippen molar-refractivity contribution in [3.8, 4) is 17.2 Å². The van der Waals surface area contributed by atoms with Crippen molar-refractivity contribution < 1.29 is 17.7 Å². The Bertz CT molecular complexity index is 1770. The summed E-state index contributed by atoms with van der Waals surface area (Å²) in [4.78, 5) is 20.0. The number of likely N-dealkylation sites (N-methyl/N-ethyl adjacent to an activating group) is 1. The fourth-order valence-corrected chi connectivity index (χ4v) is 6.35. The molecular weight excluding hydrogens is 506 g/mol. The first kappa shape index (κ1) is 19.6. The van der Waals surface area contributed by atoms with Crippen LogP contribution < -0.4 is 20.9 Å². The lowest BCUT2D eigenvalue weighted by atomic mass is 9.95. The lowest BCUT2D eigenvalue weighted by Crippen LogP contribution is -2.63. The van der Waals surface area contributed by atoms with E-state index < -0.39 is 30.6 Å². The molecule has 2 aliphatic rings. The van der Waals surface area contributed by atoms with E-state index in [2.05, 4.69) is 10.3 Å². The predicted molar refractivity (Wildman–Crippen MR) is 139 cm³/mol. The number of hydrogen-bond donors (Lipinski definition) is 2. The largest absolute Gasteiger partial charge is 0.389 e. The Labute approximate surface area is 217 Å². The zero-order valence-corrected chi connectivity index (χ0v) is 20.3. The highest BCUT2D eigenvalue weighted by Crippen LogP contribution is 2.48. The molecule has 2 atom stereocenters. The van der Waals surface area contributed by atoms with Crippen LogP contribution in [-0.4, -0.2) is 43.0 Å². The van der Waals surface area contributed by atoms with Gasteiger partial charge in [-0.2, -0.15) is 5.26 Å². The lowest BCUT2D eigenvalue weighted by Gasteiger charge is -2.46. The van der Waals surface area contributed by atoms with Gasteiger partial charge in [0.05, 0.1) is 32.9 Å². The second kappa shape index (κ2) is 8.00. The van der Waals surface area contributed by atoms with Crippen LogP contribution in [0.15, 0.2) is 24.4 Å². The van der Waals surface area contributed by atoms with Crippen molar-refractivity contribution in [3.63, 3.8) is 0 Å². The summed E-state index contributed by atoms with van der Waals surface area (Å²) in [7, 11) is 0. The third-order valence-corrected chi connectivity index (χ3v) is 8.07. The second-order valence-corrected chi connectivity index (χ2v) is 10.3. The molecule has 1 fully saturated rings. The molecule has 4 aromatic rings. The van der Waals surface area contributed by atoms with E-state index in [1.165, 1.54) is 18.3 Å². The molecule has 0 spiro atoms. The number of hydrogen-bond acceptors (Lipinski definition) is 7. The van der Waals surface area contributed by atoms with Gasteiger partial charge in [-0.1, -0.05) is 17.7 Å². The molecule has 2 aromatic heterocycles. The second-order valence-electron chi connectivity index (χ2n) is 8.84. The number of nitriles is 1. The van der Waals surface area contributed by atoms with Gasteiger partial charge >= 0.3 is 0 Å². The minimum Gasteiger partial charge on any atom is -0.389 e. The first-order valence-corrected chi connectivity index (χ1v) is 12.2. The van der Waals surface area contributed by atoms with E-state index in [-0.39, 0.29) is 66.0 Å². The highest BCUT2D eigenvalue weighted by molar-refractivity contribution is 7.23. The first-order chi connectivity index (χ1) is 18.4. The first-order valence-electron chi connectivity index (χ1n) is 12.5. The summed E-state index contributed by atoms with van der Waals surface area (Å²) >= 11 is 7.58. The Kier molecular flexibility index (Phi) is 4.36. The smallest absolute Gasteiger partial charge is 0.250 e. The van der Waals surface area contributed by atoms with Crippen LogP contribution >= 0.6 is 22.9 Å². The van der Waals surface area contributed by atoms with Gasteiger partial charge in [0, 0.05) is 46.6 Å². The Morgan fingerprint density at radius 1 is 1.42 bits per heavy atom. The van der Waals surface area contributed by atoms with E-state index in [0.29, 0.717) is 12.2 Å². The van der Waals surface area contributed by atoms with Crippen LogP contribution in [-0.2, 0) is 4.79 Å². The quantitative estimate of drug-likeness (QED) is 0.374. The Morgan fingerprint density at radius 3 is 2.97 bits per heavy atom. The normalized spacial score (nSPS) is 21.1. The number of benzene rings is 2. The molecule has 0 aliphatic carbocycles. The highest BCUT2D eigenvalue weighted by atomic mass is 35.5. The van der Waals surface area contributed by atoms with Crippen molar-refractivity contribution in [2.45, 2.75) is 19.0 Å². The summed E-state index contributed by atoms with van der Waals surface area (Å²) in [6.45, 7) is -0.319. The standard InChI is InChI=1S/C25H19ClF2N6OS/c1-10-9-34-17(8-31-10)25(35)33(2)16-7-32-21-12(22(16)34)5-14(26)19(20(21)28)11-3-4-15(27)23-18(11)13(6-29)24(30)36-23/h3-5,7,10,17,31H,8-9,30H2,1-2H3/t10-,17-/m1/s1/i2D3. The summed E-state index contributed by atoms with van der Waals surface area (Å²) < 4.78 is 55.2. The number of aromatic nitrogens is 1. The van der Waals surface area contributed by atoms with Gasteiger partial charge in [-0.05, 0) is 24.6 Å². The molecule has 2 aliphatic heterocycles. The van der Waals surface area contributed by atoms with Gasteiger partial charge in [0.1, 0.15) is 28.4 Å². The number of halogens is 3. The van der Waals surface area contributed by atoms with E-state index >= 15 is 4.39 Å². The average molecular weight is 528 g/mol. The highest BCUT2D eigenvalue weighted by Gasteiger charge is 2.41. The number of carbonyl (C=O) groups excluding carboxylic acids is 1. The molecule has 0 radical (unpaired) electrons. The number of thiophene rings is 1. The molecule has 7 nitrogen and oxygen atoms in total. The van der Waals surface area contributed by atoms with Crippen LogP contribution in [0.5, 0.6) is 0 Å². The molecule has 2 aromatic carbocycles. The number of nitrogens with zero attached hydrogens (tertiary/aromatic N) is 4. The van der Waals surface area contributed by atoms with Crippen molar-refractivity contribution in [2.24, 2.45) is 0 Å². The van der Waals surface area contributed by atoms with E-state index in [1.807, 2.05) is 13.0 Å². The van der Waals surface area contributed by atoms with Gasteiger partial charge < -0.3 is 20.9 Å². The van der Waals surface area contributed by atoms with E-state index in [1.54, 1.807) is 4.90 Å². The van der Waals surface area contributed by atoms with Gasteiger partial charge in [-0.3, -0.25) is 9.78 Å². The molecule has 1 saturated heterocycles. The number of amides is 1. The molecule has 11 heteroatoms. The monoisotopic (exact) mass is 527 g/mol. The number of pyridine rings is 1. The van der Waals surface area contributed by atoms with Crippen molar-refractivity contribution in [2.75, 3.05) is 35.6 Å². The van der Waals surface area contributed by atoms with Gasteiger partial charge in [0.15, 0.2) is 5.82 Å². The van der Waals surface area contributed by atoms with Gasteiger partial charge in [-0.25, -0.2) is 8.78 Å². The maximum atomic E-state index is 16.4. The molecule has 4 heterocycles. The number of nitrogens with two attached hydrogens (primary N) is 1. The minimum atomic E-state index is -2.80. The Balaban J connectivity index is 1.67. The van der Waals surface area contributed by atoms with Gasteiger partial charge in [0.25, 0.3) is 5.91 Å². The number of nitrogen functional groups attached to an aromatic ring is 1. The summed E-state index contributed by atoms with van der Waals surface area (Å²) in [5.41, 5.74) is 6.30. The zero-order valence-electron chi connectivity index (χ0n) is 21.7. The van der Waals surface area contributed by atoms with Crippen LogP contribution in [0.25, 0.3) is 32.1 Å². The van der Waals surface area contributed by atoms with Crippen molar-refractivity contribution >= 4 is 66.2 Å². The van der Waals surface area contributed by atoms with Gasteiger partial charge in [0.2, 0.25) is 0 Å². The Morgan fingerprint density at radius 2 is 2.22 bits per heavy atom. The SMILES string of the molecule is [2H]C([2H])([2H])N1C(=O)[C@H]2CN[C@H](C)CN2c2c1cnc1c(F)c(-c3ccc(F)c4sc(N)c(C#N)c34)c(Cl)cc21. The van der Waals surface area contributed by atoms with Crippen LogP contribution in [0.4, 0.5) is 25.2 Å². The minimum absolute atomic E-state index is 0.0166. The third-order valence-electron chi connectivity index (χ3n) is 6.75. The number of fused-ring (bicyclic) bond motifs is 6. The summed E-state index contributed by atoms with van der Waals surface area (Å²) in [5, 5.41) is 13.3. The fraction of sp³-hybridized carbons (Fsp3) is 0.240. The van der Waals surface area contributed by atoms with Gasteiger partial charge in [-0.15, -0.1) is 11.3 Å². The molecule has 6 rings (SSSR count). The number of rotatable bonds is 1. The summed E-state index contributed by atoms with van der Waals surface area (Å²) in [6.07, 6.45) is 1.18. The lowest BCUT2D eigenvalue weighted by molar-refractivity contribution is -0.120. The molecule has 182 valence electrons. The summed E-state index contributed by atoms with van der Waals surface area (Å²) in [6, 6.07) is 5.06. The topological polar surface area (TPSA) is 98.3 Å². The molecule has 0 saturated carbocycles. The number of nitrogens with one attached hydrogen (secondary N) is 1. The maximum Gasteiger partial charge on any atom is 0.250 e. The molecule has 36 heavy (non-hydrogen) atoms. The summed E-state index contributed by atoms with van der Waals surface area (Å²) in [5.74, 6) is -2.05. The molecular formula is C25H19ClF2N6OS. The third kappa shape index (κ3) is 3.03. The number of carbonyl (C=O) groups is 1. The van der Waals surface area contributed by atoms with E-state index in [9.17, 15) is 14.4 Å². The predicted octanol–water partition coefficient (Wildman–Crippen LogP) is 4.65. The van der Waals surface area contributed by atoms with Crippen LogP contribution in [0.1, 0.15) is 16.6 Å². The Hall–Kier alpha value is -3.52.